The van der Waals surface area contributed by atoms with E-state index in [9.17, 15) is 29.8 Å². The third-order valence-corrected chi connectivity index (χ3v) is 3.75. The summed E-state index contributed by atoms with van der Waals surface area (Å²) in [4.78, 5) is 45.6. The molecule has 0 atom stereocenters. The number of benzene rings is 2. The quantitative estimate of drug-likeness (QED) is 0.633. The minimum Gasteiger partial charge on any atom is -0.267 e. The highest BCUT2D eigenvalue weighted by atomic mass is 16.6. The third-order valence-electron chi connectivity index (χ3n) is 3.75. The predicted molar refractivity (Wildman–Crippen MR) is 99.6 cm³/mol. The zero-order chi connectivity index (χ0) is 21.1. The van der Waals surface area contributed by atoms with Gasteiger partial charge in [0.2, 0.25) is 0 Å². The molecule has 10 nitrogen and oxygen atoms in total. The van der Waals surface area contributed by atoms with Crippen molar-refractivity contribution in [2.75, 3.05) is 0 Å². The Hall–Kier alpha value is -3.82. The van der Waals surface area contributed by atoms with Crippen LogP contribution >= 0.6 is 0 Å². The fraction of sp³-hybridized carbons (Fsp3) is 0.222. The molecule has 0 bridgehead atoms. The topological polar surface area (TPSA) is 136 Å². The highest BCUT2D eigenvalue weighted by Gasteiger charge is 2.30. The maximum Gasteiger partial charge on any atom is 0.272 e. The molecule has 2 amide bonds. The van der Waals surface area contributed by atoms with Crippen LogP contribution in [0, 0.1) is 20.2 Å². The Balaban J connectivity index is 2.25. The van der Waals surface area contributed by atoms with E-state index in [2.05, 4.69) is 5.43 Å². The van der Waals surface area contributed by atoms with Gasteiger partial charge in [0.25, 0.3) is 23.2 Å². The summed E-state index contributed by atoms with van der Waals surface area (Å²) >= 11 is 0. The molecule has 0 spiro atoms. The molecule has 0 heterocycles. The standard InChI is InChI=1S/C18H18N4O6/c1-18(2,3)20(17(24)13-6-10-15(11-7-13)22(27)28)19-16(23)12-4-8-14(9-5-12)21(25)26/h4-11H,1-3H3,(H,19,23). The highest BCUT2D eigenvalue weighted by molar-refractivity contribution is 5.99. The Morgan fingerprint density at radius 3 is 1.57 bits per heavy atom. The largest absolute Gasteiger partial charge is 0.272 e. The summed E-state index contributed by atoms with van der Waals surface area (Å²) in [6.07, 6.45) is 0. The van der Waals surface area contributed by atoms with Gasteiger partial charge < -0.3 is 0 Å². The van der Waals surface area contributed by atoms with Gasteiger partial charge in [-0.15, -0.1) is 0 Å². The average molecular weight is 386 g/mol. The van der Waals surface area contributed by atoms with Gasteiger partial charge in [-0.1, -0.05) is 0 Å². The lowest BCUT2D eigenvalue weighted by atomic mass is 10.1. The van der Waals surface area contributed by atoms with Crippen molar-refractivity contribution in [1.82, 2.24) is 10.4 Å². The van der Waals surface area contributed by atoms with Gasteiger partial charge in [-0.2, -0.15) is 0 Å². The number of nitro benzene ring substituents is 2. The number of hydrogen-bond donors (Lipinski definition) is 1. The molecule has 1 N–H and O–H groups in total. The smallest absolute Gasteiger partial charge is 0.267 e. The van der Waals surface area contributed by atoms with E-state index >= 15 is 0 Å². The van der Waals surface area contributed by atoms with Crippen LogP contribution in [0.4, 0.5) is 11.4 Å². The first-order valence-electron chi connectivity index (χ1n) is 8.15. The van der Waals surface area contributed by atoms with Crippen LogP contribution < -0.4 is 5.43 Å². The molecule has 10 heteroatoms. The van der Waals surface area contributed by atoms with Crippen molar-refractivity contribution in [3.05, 3.63) is 79.9 Å². The van der Waals surface area contributed by atoms with E-state index in [4.69, 9.17) is 0 Å². The first-order chi connectivity index (χ1) is 13.0. The summed E-state index contributed by atoms with van der Waals surface area (Å²) < 4.78 is 0. The number of nitrogens with one attached hydrogen (secondary N) is 1. The molecule has 0 aromatic heterocycles. The molecule has 146 valence electrons. The lowest BCUT2D eigenvalue weighted by molar-refractivity contribution is -0.385. The first kappa shape index (κ1) is 20.5. The first-order valence-corrected chi connectivity index (χ1v) is 8.15. The number of carbonyl (C=O) groups excluding carboxylic acids is 2. The third kappa shape index (κ3) is 4.67. The van der Waals surface area contributed by atoms with Crippen molar-refractivity contribution in [3.63, 3.8) is 0 Å². The van der Waals surface area contributed by atoms with Crippen LogP contribution in [0.15, 0.2) is 48.5 Å². The fourth-order valence-electron chi connectivity index (χ4n) is 2.28. The maximum absolute atomic E-state index is 12.8. The molecular weight excluding hydrogens is 368 g/mol. The Labute approximate surface area is 160 Å². The summed E-state index contributed by atoms with van der Waals surface area (Å²) in [5.74, 6) is -1.18. The van der Waals surface area contributed by atoms with Crippen molar-refractivity contribution >= 4 is 23.2 Å². The minimum atomic E-state index is -0.810. The Kier molecular flexibility index (Phi) is 5.73. The van der Waals surface area contributed by atoms with Gasteiger partial charge in [0.1, 0.15) is 0 Å². The Morgan fingerprint density at radius 1 is 0.821 bits per heavy atom. The van der Waals surface area contributed by atoms with E-state index < -0.39 is 27.2 Å². The van der Waals surface area contributed by atoms with Gasteiger partial charge in [0.15, 0.2) is 0 Å². The number of rotatable bonds is 4. The van der Waals surface area contributed by atoms with E-state index in [-0.39, 0.29) is 22.5 Å². The summed E-state index contributed by atoms with van der Waals surface area (Å²) in [6, 6.07) is 9.95. The van der Waals surface area contributed by atoms with Crippen LogP contribution in [0.2, 0.25) is 0 Å². The number of amides is 2. The van der Waals surface area contributed by atoms with Crippen molar-refractivity contribution < 1.29 is 19.4 Å². The van der Waals surface area contributed by atoms with Crippen LogP contribution in [-0.4, -0.2) is 32.2 Å². The fourth-order valence-corrected chi connectivity index (χ4v) is 2.28. The average Bonchev–Trinajstić information content (AvgIpc) is 2.64. The number of nitro groups is 2. The van der Waals surface area contributed by atoms with Crippen LogP contribution in [0.1, 0.15) is 41.5 Å². The molecule has 0 radical (unpaired) electrons. The molecule has 0 aliphatic rings. The van der Waals surface area contributed by atoms with E-state index in [1.54, 1.807) is 20.8 Å². The number of hydrogen-bond acceptors (Lipinski definition) is 6. The van der Waals surface area contributed by atoms with E-state index in [0.29, 0.717) is 0 Å². The van der Waals surface area contributed by atoms with Crippen molar-refractivity contribution in [2.45, 2.75) is 26.3 Å². The van der Waals surface area contributed by atoms with Crippen molar-refractivity contribution in [3.8, 4) is 0 Å². The summed E-state index contributed by atoms with van der Waals surface area (Å²) in [6.45, 7) is 5.10. The highest BCUT2D eigenvalue weighted by Crippen LogP contribution is 2.19. The van der Waals surface area contributed by atoms with Crippen molar-refractivity contribution in [2.24, 2.45) is 0 Å². The van der Waals surface area contributed by atoms with Gasteiger partial charge >= 0.3 is 0 Å². The maximum atomic E-state index is 12.8. The normalized spacial score (nSPS) is 10.8. The molecule has 0 aliphatic heterocycles. The molecular formula is C18H18N4O6. The molecule has 2 rings (SSSR count). The van der Waals surface area contributed by atoms with Gasteiger partial charge in [-0.25, -0.2) is 5.01 Å². The predicted octanol–water partition coefficient (Wildman–Crippen LogP) is 3.09. The van der Waals surface area contributed by atoms with Crippen LogP contribution in [0.25, 0.3) is 0 Å². The second-order valence-electron chi connectivity index (χ2n) is 6.86. The second-order valence-corrected chi connectivity index (χ2v) is 6.86. The molecule has 0 fully saturated rings. The molecule has 2 aromatic rings. The molecule has 28 heavy (non-hydrogen) atoms. The number of non-ortho nitro benzene ring substituents is 2. The lowest BCUT2D eigenvalue weighted by Gasteiger charge is -2.35. The molecule has 0 saturated carbocycles. The van der Waals surface area contributed by atoms with E-state index in [1.807, 2.05) is 0 Å². The number of carbonyl (C=O) groups is 2. The summed E-state index contributed by atoms with van der Waals surface area (Å²) in [5, 5.41) is 22.6. The zero-order valence-corrected chi connectivity index (χ0v) is 15.4. The van der Waals surface area contributed by atoms with Crippen LogP contribution in [0.3, 0.4) is 0 Å². The molecule has 0 unspecified atom stereocenters. The van der Waals surface area contributed by atoms with Gasteiger partial charge in [-0.3, -0.25) is 35.2 Å². The zero-order valence-electron chi connectivity index (χ0n) is 15.4. The lowest BCUT2D eigenvalue weighted by Crippen LogP contribution is -2.55. The van der Waals surface area contributed by atoms with Crippen LogP contribution in [0.5, 0.6) is 0 Å². The Bertz CT molecular complexity index is 917. The number of nitrogens with zero attached hydrogens (tertiary/aromatic N) is 3. The molecule has 0 saturated heterocycles. The second kappa shape index (κ2) is 7.82. The summed E-state index contributed by atoms with van der Waals surface area (Å²) in [5.41, 5.74) is 1.66. The minimum absolute atomic E-state index is 0.136. The van der Waals surface area contributed by atoms with Crippen molar-refractivity contribution in [1.29, 1.82) is 0 Å². The van der Waals surface area contributed by atoms with Gasteiger partial charge in [-0.05, 0) is 45.0 Å². The Morgan fingerprint density at radius 2 is 1.21 bits per heavy atom. The van der Waals surface area contributed by atoms with E-state index in [0.717, 1.165) is 5.01 Å². The monoisotopic (exact) mass is 386 g/mol. The van der Waals surface area contributed by atoms with Crippen LogP contribution in [-0.2, 0) is 0 Å². The molecule has 2 aromatic carbocycles. The van der Waals surface area contributed by atoms with Gasteiger partial charge in [0.05, 0.1) is 15.4 Å². The number of hydrazine groups is 1. The SMILES string of the molecule is CC(C)(C)N(NC(=O)c1ccc([N+](=O)[O-])cc1)C(=O)c1ccc([N+](=O)[O-])cc1. The summed E-state index contributed by atoms with van der Waals surface area (Å²) in [7, 11) is 0. The van der Waals surface area contributed by atoms with E-state index in [1.165, 1.54) is 48.5 Å². The molecule has 0 aliphatic carbocycles. The van der Waals surface area contributed by atoms with Gasteiger partial charge in [0, 0.05) is 35.4 Å².